The maximum absolute atomic E-state index is 10.6. The van der Waals surface area contributed by atoms with Crippen LogP contribution >= 0.6 is 0 Å². The lowest BCUT2D eigenvalue weighted by Crippen LogP contribution is -2.06. The average molecular weight is 290 g/mol. The van der Waals surface area contributed by atoms with Gasteiger partial charge in [0, 0.05) is 5.56 Å². The van der Waals surface area contributed by atoms with Crippen molar-refractivity contribution in [2.45, 2.75) is 6.61 Å². The van der Waals surface area contributed by atoms with Gasteiger partial charge in [-0.05, 0) is 22.8 Å². The zero-order valence-corrected chi connectivity index (χ0v) is 11.8. The summed E-state index contributed by atoms with van der Waals surface area (Å²) < 4.78 is 5.71. The van der Waals surface area contributed by atoms with E-state index in [0.717, 1.165) is 16.7 Å². The van der Waals surface area contributed by atoms with E-state index in [-0.39, 0.29) is 11.5 Å². The lowest BCUT2D eigenvalue weighted by molar-refractivity contribution is 0.284. The minimum absolute atomic E-state index is 0.0634. The van der Waals surface area contributed by atoms with Gasteiger partial charge in [-0.15, -0.1) is 0 Å². The van der Waals surface area contributed by atoms with Gasteiger partial charge in [0.05, 0.1) is 5.56 Å². The van der Waals surface area contributed by atoms with Crippen molar-refractivity contribution in [2.75, 3.05) is 0 Å². The first-order valence-corrected chi connectivity index (χ1v) is 7.11. The lowest BCUT2D eigenvalue weighted by Gasteiger charge is -2.23. The van der Waals surface area contributed by atoms with Crippen molar-refractivity contribution >= 4 is 0 Å². The Hall–Kier alpha value is -2.94. The summed E-state index contributed by atoms with van der Waals surface area (Å²) in [7, 11) is 0. The predicted molar refractivity (Wildman–Crippen MR) is 85.0 cm³/mol. The van der Waals surface area contributed by atoms with Crippen LogP contribution < -0.4 is 4.74 Å². The molecule has 3 nitrogen and oxygen atoms in total. The van der Waals surface area contributed by atoms with Gasteiger partial charge in [-0.3, -0.25) is 0 Å². The fourth-order valence-corrected chi connectivity index (χ4v) is 2.91. The molecule has 0 spiro atoms. The zero-order chi connectivity index (χ0) is 15.1. The van der Waals surface area contributed by atoms with Crippen molar-refractivity contribution in [2.24, 2.45) is 0 Å². The number of ether oxygens (including phenoxy) is 1. The fraction of sp³-hybridized carbons (Fsp3) is 0.0526. The highest BCUT2D eigenvalue weighted by Crippen LogP contribution is 2.51. The molecular weight excluding hydrogens is 276 g/mol. The second kappa shape index (κ2) is 4.81. The normalized spacial score (nSPS) is 12.2. The van der Waals surface area contributed by atoms with Crippen LogP contribution in [0.25, 0.3) is 22.3 Å². The van der Waals surface area contributed by atoms with Gasteiger partial charge in [-0.25, -0.2) is 0 Å². The standard InChI is InChI=1S/C19H14O3/c20-16-10-15(12-6-2-1-3-7-12)18(21)19-17(16)14-9-5-4-8-13(14)11-22-19/h1-10,20-21H,11H2. The second-order valence-electron chi connectivity index (χ2n) is 5.31. The Kier molecular flexibility index (Phi) is 2.79. The number of phenolic OH excluding ortho intramolecular Hbond substituents is 2. The van der Waals surface area contributed by atoms with Gasteiger partial charge in [-0.2, -0.15) is 0 Å². The van der Waals surface area contributed by atoms with E-state index in [2.05, 4.69) is 0 Å². The Morgan fingerprint density at radius 2 is 1.55 bits per heavy atom. The van der Waals surface area contributed by atoms with Crippen LogP contribution in [-0.2, 0) is 6.61 Å². The van der Waals surface area contributed by atoms with Gasteiger partial charge < -0.3 is 14.9 Å². The summed E-state index contributed by atoms with van der Waals surface area (Å²) in [5.74, 6) is 0.518. The summed E-state index contributed by atoms with van der Waals surface area (Å²) in [4.78, 5) is 0. The van der Waals surface area contributed by atoms with Gasteiger partial charge in [0.2, 0.25) is 0 Å². The first kappa shape index (κ1) is 12.8. The summed E-state index contributed by atoms with van der Waals surface area (Å²) in [6.45, 7) is 0.383. The third-order valence-corrected chi connectivity index (χ3v) is 3.98. The fourth-order valence-electron chi connectivity index (χ4n) is 2.91. The highest BCUT2D eigenvalue weighted by atomic mass is 16.5. The van der Waals surface area contributed by atoms with Crippen LogP contribution in [0.3, 0.4) is 0 Å². The first-order chi connectivity index (χ1) is 10.8. The van der Waals surface area contributed by atoms with Crippen LogP contribution in [0.15, 0.2) is 60.7 Å². The Morgan fingerprint density at radius 1 is 0.818 bits per heavy atom. The number of hydrogen-bond donors (Lipinski definition) is 2. The molecule has 0 radical (unpaired) electrons. The van der Waals surface area contributed by atoms with E-state index in [0.29, 0.717) is 23.5 Å². The second-order valence-corrected chi connectivity index (χ2v) is 5.31. The number of phenols is 2. The lowest BCUT2D eigenvalue weighted by atomic mass is 9.92. The highest BCUT2D eigenvalue weighted by Gasteiger charge is 2.26. The molecule has 3 heteroatoms. The summed E-state index contributed by atoms with van der Waals surface area (Å²) in [6, 6.07) is 18.8. The van der Waals surface area contributed by atoms with Crippen LogP contribution in [0, 0.1) is 0 Å². The molecule has 3 aromatic rings. The third-order valence-electron chi connectivity index (χ3n) is 3.98. The monoisotopic (exact) mass is 290 g/mol. The van der Waals surface area contributed by atoms with Crippen LogP contribution in [0.5, 0.6) is 17.2 Å². The van der Waals surface area contributed by atoms with Gasteiger partial charge in [0.25, 0.3) is 0 Å². The van der Waals surface area contributed by atoms with Crippen molar-refractivity contribution in [3.05, 3.63) is 66.2 Å². The maximum Gasteiger partial charge on any atom is 0.173 e. The highest BCUT2D eigenvalue weighted by molar-refractivity contribution is 5.89. The molecule has 0 atom stereocenters. The van der Waals surface area contributed by atoms with Gasteiger partial charge in [-0.1, -0.05) is 54.6 Å². The van der Waals surface area contributed by atoms with E-state index in [1.807, 2.05) is 54.6 Å². The van der Waals surface area contributed by atoms with E-state index in [9.17, 15) is 10.2 Å². The van der Waals surface area contributed by atoms with Crippen molar-refractivity contribution in [1.29, 1.82) is 0 Å². The van der Waals surface area contributed by atoms with Crippen molar-refractivity contribution in [1.82, 2.24) is 0 Å². The maximum atomic E-state index is 10.6. The van der Waals surface area contributed by atoms with Crippen LogP contribution in [-0.4, -0.2) is 10.2 Å². The number of benzene rings is 3. The summed E-state index contributed by atoms with van der Waals surface area (Å²) in [5, 5.41) is 21.1. The molecule has 0 aliphatic carbocycles. The Bertz CT molecular complexity index is 854. The van der Waals surface area contributed by atoms with E-state index < -0.39 is 0 Å². The molecule has 0 saturated carbocycles. The molecule has 1 aliphatic heterocycles. The van der Waals surface area contributed by atoms with Crippen LogP contribution in [0.2, 0.25) is 0 Å². The third kappa shape index (κ3) is 1.83. The number of hydrogen-bond acceptors (Lipinski definition) is 3. The first-order valence-electron chi connectivity index (χ1n) is 7.11. The summed E-state index contributed by atoms with van der Waals surface area (Å²) in [5.41, 5.74) is 3.85. The smallest absolute Gasteiger partial charge is 0.173 e. The molecule has 3 aromatic carbocycles. The molecule has 0 unspecified atom stereocenters. The van der Waals surface area contributed by atoms with Crippen molar-refractivity contribution in [3.63, 3.8) is 0 Å². The van der Waals surface area contributed by atoms with E-state index in [1.54, 1.807) is 6.07 Å². The number of aromatic hydroxyl groups is 2. The Labute approximate surface area is 128 Å². The van der Waals surface area contributed by atoms with Gasteiger partial charge in [0.1, 0.15) is 12.4 Å². The molecule has 0 fully saturated rings. The number of fused-ring (bicyclic) bond motifs is 3. The minimum Gasteiger partial charge on any atom is -0.507 e. The van der Waals surface area contributed by atoms with Crippen molar-refractivity contribution < 1.29 is 14.9 Å². The number of rotatable bonds is 1. The minimum atomic E-state index is 0.0634. The predicted octanol–water partition coefficient (Wildman–Crippen LogP) is 4.32. The molecule has 1 aliphatic rings. The molecule has 0 amide bonds. The molecule has 0 saturated heterocycles. The average Bonchev–Trinajstić information content (AvgIpc) is 2.58. The molecule has 0 bridgehead atoms. The van der Waals surface area contributed by atoms with Gasteiger partial charge >= 0.3 is 0 Å². The summed E-state index contributed by atoms with van der Waals surface area (Å²) >= 11 is 0. The molecule has 22 heavy (non-hydrogen) atoms. The molecular formula is C19H14O3. The molecule has 108 valence electrons. The van der Waals surface area contributed by atoms with Crippen molar-refractivity contribution in [3.8, 4) is 39.5 Å². The Balaban J connectivity index is 1.98. The molecule has 1 heterocycles. The van der Waals surface area contributed by atoms with E-state index in [1.165, 1.54) is 0 Å². The SMILES string of the molecule is Oc1cc(-c2ccccc2)c(O)c2c1-c1ccccc1CO2. The molecule has 0 aromatic heterocycles. The Morgan fingerprint density at radius 3 is 2.36 bits per heavy atom. The summed E-state index contributed by atoms with van der Waals surface area (Å²) in [6.07, 6.45) is 0. The van der Waals surface area contributed by atoms with E-state index >= 15 is 0 Å². The van der Waals surface area contributed by atoms with Crippen LogP contribution in [0.1, 0.15) is 5.56 Å². The van der Waals surface area contributed by atoms with E-state index in [4.69, 9.17) is 4.74 Å². The largest absolute Gasteiger partial charge is 0.507 e. The zero-order valence-electron chi connectivity index (χ0n) is 11.8. The topological polar surface area (TPSA) is 49.7 Å². The quantitative estimate of drug-likeness (QED) is 0.656. The van der Waals surface area contributed by atoms with Crippen LogP contribution in [0.4, 0.5) is 0 Å². The molecule has 4 rings (SSSR count). The van der Waals surface area contributed by atoms with Gasteiger partial charge in [0.15, 0.2) is 11.5 Å². The molecule has 2 N–H and O–H groups in total.